The molecule has 0 unspecified atom stereocenters. The maximum Gasteiger partial charge on any atom is 0.238 e. The first-order valence-electron chi connectivity index (χ1n) is 9.17. The number of rotatable bonds is 8. The van der Waals surface area contributed by atoms with Crippen molar-refractivity contribution >= 4 is 35.1 Å². The van der Waals surface area contributed by atoms with E-state index in [1.54, 1.807) is 7.11 Å². The lowest BCUT2D eigenvalue weighted by atomic mass is 9.99. The molecular weight excluding hydrogens is 404 g/mol. The highest BCUT2D eigenvalue weighted by Crippen LogP contribution is 2.35. The van der Waals surface area contributed by atoms with Gasteiger partial charge in [-0.15, -0.1) is 0 Å². The summed E-state index contributed by atoms with van der Waals surface area (Å²) in [5.74, 6) is 0.349. The number of anilines is 1. The maximum absolute atomic E-state index is 11.8. The summed E-state index contributed by atoms with van der Waals surface area (Å²) in [5.41, 5.74) is 9.91. The first-order valence-corrected chi connectivity index (χ1v) is 10.3. The molecule has 0 aliphatic heterocycles. The zero-order valence-corrected chi connectivity index (χ0v) is 18.0. The van der Waals surface area contributed by atoms with Crippen LogP contribution in [0.2, 0.25) is 5.02 Å². The van der Waals surface area contributed by atoms with E-state index in [0.29, 0.717) is 11.4 Å². The first-order chi connectivity index (χ1) is 14.0. The zero-order valence-electron chi connectivity index (χ0n) is 16.4. The SMILES string of the molecule is COc1cccc(SN(CC(N)=O)c2ccc(Cl)cc2Cc2ccccc2C)c1. The molecule has 0 bridgehead atoms. The molecule has 0 atom stereocenters. The maximum atomic E-state index is 11.8. The Balaban J connectivity index is 1.98. The van der Waals surface area contributed by atoms with Gasteiger partial charge in [0.15, 0.2) is 0 Å². The van der Waals surface area contributed by atoms with Crippen LogP contribution in [-0.4, -0.2) is 19.6 Å². The summed E-state index contributed by atoms with van der Waals surface area (Å²) >= 11 is 7.74. The third kappa shape index (κ3) is 5.68. The Labute approximate surface area is 180 Å². The third-order valence-electron chi connectivity index (χ3n) is 4.51. The molecule has 0 aromatic heterocycles. The van der Waals surface area contributed by atoms with Crippen LogP contribution in [0.3, 0.4) is 0 Å². The van der Waals surface area contributed by atoms with E-state index >= 15 is 0 Å². The molecule has 4 nitrogen and oxygen atoms in total. The molecule has 0 aliphatic rings. The average Bonchev–Trinajstić information content (AvgIpc) is 2.69. The molecule has 3 aromatic rings. The van der Waals surface area contributed by atoms with E-state index in [9.17, 15) is 4.79 Å². The summed E-state index contributed by atoms with van der Waals surface area (Å²) in [5, 5.41) is 0.655. The highest BCUT2D eigenvalue weighted by Gasteiger charge is 2.17. The van der Waals surface area contributed by atoms with Crippen LogP contribution in [0, 0.1) is 6.92 Å². The summed E-state index contributed by atoms with van der Waals surface area (Å²) in [4.78, 5) is 12.8. The van der Waals surface area contributed by atoms with Gasteiger partial charge in [-0.1, -0.05) is 41.9 Å². The number of halogens is 1. The molecule has 0 radical (unpaired) electrons. The molecule has 150 valence electrons. The van der Waals surface area contributed by atoms with Crippen LogP contribution in [0.4, 0.5) is 5.69 Å². The van der Waals surface area contributed by atoms with E-state index in [0.717, 1.165) is 21.9 Å². The van der Waals surface area contributed by atoms with Crippen LogP contribution in [0.5, 0.6) is 5.75 Å². The van der Waals surface area contributed by atoms with E-state index < -0.39 is 5.91 Å². The van der Waals surface area contributed by atoms with E-state index in [1.807, 2.05) is 58.9 Å². The molecule has 3 aromatic carbocycles. The van der Waals surface area contributed by atoms with Crippen LogP contribution >= 0.6 is 23.5 Å². The number of benzene rings is 3. The largest absolute Gasteiger partial charge is 0.497 e. The number of amides is 1. The molecule has 0 saturated heterocycles. The van der Waals surface area contributed by atoms with Crippen molar-refractivity contribution in [1.82, 2.24) is 0 Å². The lowest BCUT2D eigenvalue weighted by Gasteiger charge is -2.25. The van der Waals surface area contributed by atoms with Gasteiger partial charge in [0.25, 0.3) is 0 Å². The molecule has 6 heteroatoms. The minimum Gasteiger partial charge on any atom is -0.497 e. The Kier molecular flexibility index (Phi) is 7.07. The predicted molar refractivity (Wildman–Crippen MR) is 121 cm³/mol. The normalized spacial score (nSPS) is 10.6. The molecule has 0 heterocycles. The van der Waals surface area contributed by atoms with E-state index in [-0.39, 0.29) is 6.54 Å². The number of ether oxygens (including phenoxy) is 1. The molecule has 0 spiro atoms. The molecule has 2 N–H and O–H groups in total. The summed E-state index contributed by atoms with van der Waals surface area (Å²) in [7, 11) is 1.63. The second-order valence-electron chi connectivity index (χ2n) is 6.65. The van der Waals surface area contributed by atoms with Gasteiger partial charge in [0.2, 0.25) is 5.91 Å². The van der Waals surface area contributed by atoms with Gasteiger partial charge in [-0.25, -0.2) is 0 Å². The monoisotopic (exact) mass is 426 g/mol. The van der Waals surface area contributed by atoms with Gasteiger partial charge >= 0.3 is 0 Å². The van der Waals surface area contributed by atoms with Gasteiger partial charge in [0.05, 0.1) is 12.8 Å². The van der Waals surface area contributed by atoms with Crippen LogP contribution in [0.25, 0.3) is 0 Å². The predicted octanol–water partition coefficient (Wildman–Crippen LogP) is 5.25. The minimum absolute atomic E-state index is 0.0737. The Morgan fingerprint density at radius 3 is 2.59 bits per heavy atom. The smallest absolute Gasteiger partial charge is 0.238 e. The Bertz CT molecular complexity index is 1010. The minimum atomic E-state index is -0.405. The number of hydrogen-bond donors (Lipinski definition) is 1. The second kappa shape index (κ2) is 9.72. The van der Waals surface area contributed by atoms with Gasteiger partial charge in [-0.3, -0.25) is 4.79 Å². The topological polar surface area (TPSA) is 55.6 Å². The van der Waals surface area contributed by atoms with E-state index in [2.05, 4.69) is 19.1 Å². The Hall–Kier alpha value is -2.63. The number of carbonyl (C=O) groups excluding carboxylic acids is 1. The standard InChI is InChI=1S/C23H23ClN2O2S/c1-16-6-3-4-7-17(16)12-18-13-19(24)10-11-22(18)26(15-23(25)27)29-21-9-5-8-20(14-21)28-2/h3-11,13-14H,12,15H2,1-2H3,(H2,25,27). The molecular formula is C23H23ClN2O2S. The van der Waals surface area contributed by atoms with Crippen molar-refractivity contribution in [1.29, 1.82) is 0 Å². The lowest BCUT2D eigenvalue weighted by molar-refractivity contribution is -0.116. The Morgan fingerprint density at radius 2 is 1.86 bits per heavy atom. The van der Waals surface area contributed by atoms with Crippen molar-refractivity contribution in [3.63, 3.8) is 0 Å². The van der Waals surface area contributed by atoms with Gasteiger partial charge in [-0.2, -0.15) is 0 Å². The van der Waals surface area contributed by atoms with Crippen molar-refractivity contribution < 1.29 is 9.53 Å². The zero-order chi connectivity index (χ0) is 20.8. The van der Waals surface area contributed by atoms with E-state index in [4.69, 9.17) is 22.1 Å². The fourth-order valence-electron chi connectivity index (χ4n) is 3.05. The van der Waals surface area contributed by atoms with Crippen molar-refractivity contribution in [3.05, 3.63) is 88.4 Å². The van der Waals surface area contributed by atoms with Gasteiger partial charge in [0, 0.05) is 9.92 Å². The summed E-state index contributed by atoms with van der Waals surface area (Å²) in [6.07, 6.45) is 0.705. The molecule has 29 heavy (non-hydrogen) atoms. The summed E-state index contributed by atoms with van der Waals surface area (Å²) in [6.45, 7) is 2.16. The van der Waals surface area contributed by atoms with Gasteiger partial charge in [-0.05, 0) is 78.4 Å². The number of aryl methyl sites for hydroxylation is 1. The van der Waals surface area contributed by atoms with Crippen LogP contribution in [0.15, 0.2) is 71.6 Å². The van der Waals surface area contributed by atoms with Gasteiger partial charge in [0.1, 0.15) is 12.3 Å². The van der Waals surface area contributed by atoms with Crippen LogP contribution in [0.1, 0.15) is 16.7 Å². The number of hydrogen-bond acceptors (Lipinski definition) is 4. The van der Waals surface area contributed by atoms with Gasteiger partial charge < -0.3 is 14.8 Å². The van der Waals surface area contributed by atoms with Crippen molar-refractivity contribution in [2.45, 2.75) is 18.2 Å². The van der Waals surface area contributed by atoms with Crippen molar-refractivity contribution in [2.75, 3.05) is 18.0 Å². The highest BCUT2D eigenvalue weighted by molar-refractivity contribution is 8.00. The highest BCUT2D eigenvalue weighted by atomic mass is 35.5. The molecule has 0 fully saturated rings. The van der Waals surface area contributed by atoms with Crippen LogP contribution < -0.4 is 14.8 Å². The third-order valence-corrected chi connectivity index (χ3v) is 5.75. The summed E-state index contributed by atoms with van der Waals surface area (Å²) in [6, 6.07) is 21.7. The molecule has 3 rings (SSSR count). The Morgan fingerprint density at radius 1 is 1.07 bits per heavy atom. The fourth-order valence-corrected chi connectivity index (χ4v) is 4.27. The van der Waals surface area contributed by atoms with Crippen LogP contribution in [-0.2, 0) is 11.2 Å². The lowest BCUT2D eigenvalue weighted by Crippen LogP contribution is -2.29. The molecule has 0 aliphatic carbocycles. The number of methoxy groups -OCH3 is 1. The molecule has 0 saturated carbocycles. The molecule has 1 amide bonds. The number of nitrogens with zero attached hydrogens (tertiary/aromatic N) is 1. The number of nitrogens with two attached hydrogens (primary N) is 1. The average molecular weight is 427 g/mol. The number of carbonyl (C=O) groups is 1. The van der Waals surface area contributed by atoms with Crippen molar-refractivity contribution in [2.24, 2.45) is 5.73 Å². The first kappa shape index (κ1) is 21.1. The quantitative estimate of drug-likeness (QED) is 0.500. The van der Waals surface area contributed by atoms with Crippen molar-refractivity contribution in [3.8, 4) is 5.75 Å². The summed E-state index contributed by atoms with van der Waals surface area (Å²) < 4.78 is 7.22. The number of primary amides is 1. The second-order valence-corrected chi connectivity index (χ2v) is 8.18. The van der Waals surface area contributed by atoms with E-state index in [1.165, 1.54) is 23.1 Å². The fraction of sp³-hybridized carbons (Fsp3) is 0.174.